The van der Waals surface area contributed by atoms with Crippen LogP contribution in [0.1, 0.15) is 187 Å². The summed E-state index contributed by atoms with van der Waals surface area (Å²) in [6, 6.07) is 0. The van der Waals surface area contributed by atoms with E-state index in [-0.39, 0.29) is 26.1 Å². The highest BCUT2D eigenvalue weighted by Gasteiger charge is 2.47. The fraction of sp³-hybridized carbons (Fsp3) is 0.815. The first-order valence-electron chi connectivity index (χ1n) is 26.7. The normalized spacial score (nSPS) is 25.9. The summed E-state index contributed by atoms with van der Waals surface area (Å²) in [5.74, 6) is -0.932. The smallest absolute Gasteiger partial charge is 0.306 e. The quantitative estimate of drug-likeness (QED) is 0.0176. The molecule has 2 saturated heterocycles. The van der Waals surface area contributed by atoms with Gasteiger partial charge in [-0.3, -0.25) is 9.59 Å². The number of hydrogen-bond acceptors (Lipinski definition) is 15. The summed E-state index contributed by atoms with van der Waals surface area (Å²) in [4.78, 5) is 25.8. The largest absolute Gasteiger partial charge is 0.462 e. The molecule has 7 N–H and O–H groups in total. The van der Waals surface area contributed by atoms with Crippen LogP contribution in [0.3, 0.4) is 0 Å². The van der Waals surface area contributed by atoms with Crippen LogP contribution < -0.4 is 0 Å². The van der Waals surface area contributed by atoms with Crippen molar-refractivity contribution in [1.29, 1.82) is 0 Å². The van der Waals surface area contributed by atoms with Gasteiger partial charge in [-0.05, 0) is 51.4 Å². The highest BCUT2D eigenvalue weighted by Crippen LogP contribution is 2.26. The molecule has 0 aromatic rings. The number of unbranched alkanes of at least 4 members (excludes halogenated alkanes) is 19. The molecule has 0 aromatic heterocycles. The van der Waals surface area contributed by atoms with Crippen LogP contribution in [0.4, 0.5) is 0 Å². The van der Waals surface area contributed by atoms with E-state index >= 15 is 0 Å². The zero-order valence-electron chi connectivity index (χ0n) is 42.3. The summed E-state index contributed by atoms with van der Waals surface area (Å²) in [7, 11) is 0. The number of allylic oxidation sites excluding steroid dienone is 8. The molecule has 15 heteroatoms. The van der Waals surface area contributed by atoms with Crippen molar-refractivity contribution in [3.8, 4) is 0 Å². The molecule has 2 fully saturated rings. The van der Waals surface area contributed by atoms with Gasteiger partial charge in [-0.2, -0.15) is 0 Å². The molecule has 0 bridgehead atoms. The van der Waals surface area contributed by atoms with E-state index in [2.05, 4.69) is 62.5 Å². The summed E-state index contributed by atoms with van der Waals surface area (Å²) in [6.07, 6.45) is 28.5. The highest BCUT2D eigenvalue weighted by molar-refractivity contribution is 5.70. The lowest BCUT2D eigenvalue weighted by Crippen LogP contribution is -2.61. The molecular weight excluding hydrogens is 889 g/mol. The maximum Gasteiger partial charge on any atom is 0.306 e. The van der Waals surface area contributed by atoms with Gasteiger partial charge in [0.05, 0.1) is 19.8 Å². The van der Waals surface area contributed by atoms with Crippen molar-refractivity contribution in [2.45, 2.75) is 255 Å². The average Bonchev–Trinajstić information content (AvgIpc) is 3.34. The van der Waals surface area contributed by atoms with E-state index in [1.165, 1.54) is 70.6 Å². The Morgan fingerprint density at radius 2 is 0.913 bits per heavy atom. The second-order valence-corrected chi connectivity index (χ2v) is 18.7. The molecule has 2 aliphatic rings. The van der Waals surface area contributed by atoms with Gasteiger partial charge in [-0.1, -0.05) is 172 Å². The first-order valence-corrected chi connectivity index (χ1v) is 26.7. The molecule has 400 valence electrons. The van der Waals surface area contributed by atoms with Gasteiger partial charge >= 0.3 is 11.9 Å². The van der Waals surface area contributed by atoms with E-state index in [0.29, 0.717) is 12.8 Å². The first kappa shape index (κ1) is 62.6. The molecule has 0 aromatic carbocycles. The Morgan fingerprint density at radius 3 is 1.43 bits per heavy atom. The van der Waals surface area contributed by atoms with Crippen LogP contribution in [-0.2, 0) is 38.0 Å². The zero-order chi connectivity index (χ0) is 50.3. The van der Waals surface area contributed by atoms with Gasteiger partial charge in [-0.15, -0.1) is 0 Å². The SMILES string of the molecule is CC/C=C\C/C=C\C/C=C\C/C=C\CCCCCCCCCCC(=O)OC(COC(=O)CCCCCCCCCCCCCC)COC1OC(COC2OC(CO)C(O)C(O)C2O)C(O)C(O)C1O. The fourth-order valence-electron chi connectivity index (χ4n) is 8.21. The fourth-order valence-corrected chi connectivity index (χ4v) is 8.21. The number of esters is 2. The molecular formula is C54H94O15. The lowest BCUT2D eigenvalue weighted by Gasteiger charge is -2.42. The second-order valence-electron chi connectivity index (χ2n) is 18.7. The summed E-state index contributed by atoms with van der Waals surface area (Å²) in [5.41, 5.74) is 0. The van der Waals surface area contributed by atoms with E-state index in [0.717, 1.165) is 77.0 Å². The Labute approximate surface area is 414 Å². The minimum absolute atomic E-state index is 0.156. The van der Waals surface area contributed by atoms with Crippen molar-refractivity contribution in [2.75, 3.05) is 26.4 Å². The molecule has 2 heterocycles. The van der Waals surface area contributed by atoms with Crippen molar-refractivity contribution >= 4 is 11.9 Å². The summed E-state index contributed by atoms with van der Waals surface area (Å²) >= 11 is 0. The Hall–Kier alpha value is -2.54. The lowest BCUT2D eigenvalue weighted by atomic mass is 9.98. The van der Waals surface area contributed by atoms with Gasteiger partial charge in [0.25, 0.3) is 0 Å². The first-order chi connectivity index (χ1) is 33.5. The molecule has 0 spiro atoms. The number of hydrogen-bond donors (Lipinski definition) is 7. The standard InChI is InChI=1S/C54H94O15/c1-3-5-7-9-11-13-15-17-18-19-20-21-22-23-24-25-27-29-31-33-35-37-46(57)67-42(39-64-45(56)36-34-32-30-28-26-16-14-12-10-8-6-4-2)40-65-53-52(63)50(61)48(59)44(69-53)41-66-54-51(62)49(60)47(58)43(38-55)68-54/h5,7,11,13,17-18,20-21,42-44,47-55,58-63H,3-4,6,8-10,12,14-16,19,22-41H2,1-2H3/b7-5-,13-11-,18-17-,21-20-. The van der Waals surface area contributed by atoms with Gasteiger partial charge in [0.1, 0.15) is 55.4 Å². The third-order valence-electron chi connectivity index (χ3n) is 12.6. The molecule has 0 amide bonds. The molecule has 2 aliphatic heterocycles. The molecule has 69 heavy (non-hydrogen) atoms. The predicted molar refractivity (Wildman–Crippen MR) is 266 cm³/mol. The predicted octanol–water partition coefficient (Wildman–Crippen LogP) is 7.88. The van der Waals surface area contributed by atoms with Crippen molar-refractivity contribution in [3.05, 3.63) is 48.6 Å². The molecule has 11 atom stereocenters. The van der Waals surface area contributed by atoms with Gasteiger partial charge in [0, 0.05) is 12.8 Å². The molecule has 2 rings (SSSR count). The molecule has 0 saturated carbocycles. The topological polar surface area (TPSA) is 231 Å². The average molecular weight is 983 g/mol. The number of ether oxygens (including phenoxy) is 6. The monoisotopic (exact) mass is 983 g/mol. The second kappa shape index (κ2) is 41.0. The van der Waals surface area contributed by atoms with Crippen LogP contribution in [0.5, 0.6) is 0 Å². The van der Waals surface area contributed by atoms with E-state index in [4.69, 9.17) is 28.4 Å². The third-order valence-corrected chi connectivity index (χ3v) is 12.6. The lowest BCUT2D eigenvalue weighted by molar-refractivity contribution is -0.332. The Kier molecular flexibility index (Phi) is 37.2. The van der Waals surface area contributed by atoms with Crippen LogP contribution in [-0.4, -0.2) is 142 Å². The molecule has 0 aliphatic carbocycles. The van der Waals surface area contributed by atoms with Crippen molar-refractivity contribution in [2.24, 2.45) is 0 Å². The Balaban J connectivity index is 1.78. The van der Waals surface area contributed by atoms with Crippen LogP contribution in [0.25, 0.3) is 0 Å². The highest BCUT2D eigenvalue weighted by atomic mass is 16.7. The maximum atomic E-state index is 13.0. The van der Waals surface area contributed by atoms with Gasteiger partial charge in [0.15, 0.2) is 18.7 Å². The van der Waals surface area contributed by atoms with E-state index in [9.17, 15) is 45.3 Å². The molecule has 11 unspecified atom stereocenters. The Morgan fingerprint density at radius 1 is 0.478 bits per heavy atom. The van der Waals surface area contributed by atoms with Crippen LogP contribution in [0, 0.1) is 0 Å². The van der Waals surface area contributed by atoms with Crippen molar-refractivity contribution in [1.82, 2.24) is 0 Å². The van der Waals surface area contributed by atoms with Crippen molar-refractivity contribution < 1.29 is 73.8 Å². The van der Waals surface area contributed by atoms with Crippen LogP contribution in [0.2, 0.25) is 0 Å². The van der Waals surface area contributed by atoms with Gasteiger partial charge in [0.2, 0.25) is 0 Å². The maximum absolute atomic E-state index is 13.0. The van der Waals surface area contributed by atoms with E-state index in [1.54, 1.807) is 0 Å². The number of carbonyl (C=O) groups is 2. The van der Waals surface area contributed by atoms with Crippen LogP contribution in [0.15, 0.2) is 48.6 Å². The minimum atomic E-state index is -1.77. The number of rotatable bonds is 41. The van der Waals surface area contributed by atoms with E-state index < -0.39 is 92.7 Å². The van der Waals surface area contributed by atoms with Crippen molar-refractivity contribution in [3.63, 3.8) is 0 Å². The zero-order valence-corrected chi connectivity index (χ0v) is 42.3. The van der Waals surface area contributed by atoms with E-state index in [1.807, 2.05) is 0 Å². The molecule has 15 nitrogen and oxygen atoms in total. The van der Waals surface area contributed by atoms with Gasteiger partial charge < -0.3 is 64.2 Å². The summed E-state index contributed by atoms with van der Waals surface area (Å²) in [6.45, 7) is 2.47. The minimum Gasteiger partial charge on any atom is -0.462 e. The Bertz CT molecular complexity index is 1390. The summed E-state index contributed by atoms with van der Waals surface area (Å²) in [5, 5.41) is 72.1. The number of aliphatic hydroxyl groups is 7. The third kappa shape index (κ3) is 28.9. The number of carbonyl (C=O) groups excluding carboxylic acids is 2. The summed E-state index contributed by atoms with van der Waals surface area (Å²) < 4.78 is 33.6. The van der Waals surface area contributed by atoms with Gasteiger partial charge in [-0.25, -0.2) is 0 Å². The van der Waals surface area contributed by atoms with Crippen LogP contribution >= 0.6 is 0 Å². The molecule has 0 radical (unpaired) electrons. The number of aliphatic hydroxyl groups excluding tert-OH is 7.